The van der Waals surface area contributed by atoms with Crippen molar-refractivity contribution in [3.63, 3.8) is 0 Å². The van der Waals surface area contributed by atoms with Gasteiger partial charge >= 0.3 is 12.1 Å². The number of carbonyl (C=O) groups is 2. The van der Waals surface area contributed by atoms with Crippen molar-refractivity contribution < 1.29 is 19.1 Å². The molecule has 23 heavy (non-hydrogen) atoms. The topological polar surface area (TPSA) is 55.8 Å². The van der Waals surface area contributed by atoms with Crippen molar-refractivity contribution in [1.29, 1.82) is 0 Å². The Kier molecular flexibility index (Phi) is 4.84. The number of amides is 1. The Morgan fingerprint density at radius 1 is 1.17 bits per heavy atom. The second kappa shape index (κ2) is 7.02. The van der Waals surface area contributed by atoms with Gasteiger partial charge in [0.25, 0.3) is 0 Å². The van der Waals surface area contributed by atoms with Crippen LogP contribution in [-0.2, 0) is 20.9 Å². The molecule has 3 rings (SSSR count). The summed E-state index contributed by atoms with van der Waals surface area (Å²) in [4.78, 5) is 26.3. The molecule has 1 aliphatic carbocycles. The lowest BCUT2D eigenvalue weighted by Gasteiger charge is -2.25. The Labute approximate surface area is 136 Å². The van der Waals surface area contributed by atoms with Crippen LogP contribution in [0.2, 0.25) is 0 Å². The van der Waals surface area contributed by atoms with Crippen molar-refractivity contribution in [2.45, 2.75) is 38.8 Å². The highest BCUT2D eigenvalue weighted by molar-refractivity contribution is 5.82. The average molecular weight is 317 g/mol. The third kappa shape index (κ3) is 3.33. The van der Waals surface area contributed by atoms with Crippen LogP contribution in [0.3, 0.4) is 0 Å². The molecule has 5 nitrogen and oxygen atoms in total. The minimum Gasteiger partial charge on any atom is -0.464 e. The molecule has 0 radical (unpaired) electrons. The van der Waals surface area contributed by atoms with E-state index >= 15 is 0 Å². The van der Waals surface area contributed by atoms with E-state index in [0.717, 1.165) is 24.8 Å². The van der Waals surface area contributed by atoms with Gasteiger partial charge in [0.05, 0.1) is 6.61 Å². The monoisotopic (exact) mass is 317 g/mol. The zero-order valence-electron chi connectivity index (χ0n) is 13.4. The Morgan fingerprint density at radius 2 is 1.96 bits per heavy atom. The van der Waals surface area contributed by atoms with Gasteiger partial charge in [-0.3, -0.25) is 4.90 Å². The molecule has 1 aromatic rings. The molecule has 1 aromatic carbocycles. The largest absolute Gasteiger partial charge is 0.464 e. The van der Waals surface area contributed by atoms with Gasteiger partial charge in [-0.15, -0.1) is 0 Å². The molecule has 0 bridgehead atoms. The molecular weight excluding hydrogens is 294 g/mol. The minimum absolute atomic E-state index is 0.221. The van der Waals surface area contributed by atoms with Gasteiger partial charge < -0.3 is 9.47 Å². The standard InChI is InChI=1S/C18H23NO4/c1-2-22-17(20)16-15-10-6-9-14(15)11-19(16)18(21)23-12-13-7-4-3-5-8-13/h3-5,7-8,14-16H,2,6,9-12H2,1H3/t14-,15-,16+/m0/s1. The molecule has 0 N–H and O–H groups in total. The van der Waals surface area contributed by atoms with Gasteiger partial charge in [0.2, 0.25) is 0 Å². The van der Waals surface area contributed by atoms with Crippen LogP contribution in [-0.4, -0.2) is 36.2 Å². The molecular formula is C18H23NO4. The molecule has 5 heteroatoms. The van der Waals surface area contributed by atoms with Gasteiger partial charge in [-0.2, -0.15) is 0 Å². The number of benzene rings is 1. The highest BCUT2D eigenvalue weighted by atomic mass is 16.6. The summed E-state index contributed by atoms with van der Waals surface area (Å²) in [6.07, 6.45) is 2.76. The maximum Gasteiger partial charge on any atom is 0.410 e. The van der Waals surface area contributed by atoms with E-state index in [1.54, 1.807) is 11.8 Å². The van der Waals surface area contributed by atoms with E-state index < -0.39 is 12.1 Å². The number of hydrogen-bond acceptors (Lipinski definition) is 4. The number of rotatable bonds is 4. The summed E-state index contributed by atoms with van der Waals surface area (Å²) >= 11 is 0. The Balaban J connectivity index is 1.66. The summed E-state index contributed by atoms with van der Waals surface area (Å²) in [5.41, 5.74) is 0.938. The zero-order valence-corrected chi connectivity index (χ0v) is 13.4. The Bertz CT molecular complexity index is 559. The van der Waals surface area contributed by atoms with E-state index in [1.807, 2.05) is 30.3 Å². The lowest BCUT2D eigenvalue weighted by atomic mass is 9.94. The van der Waals surface area contributed by atoms with E-state index in [4.69, 9.17) is 9.47 Å². The van der Waals surface area contributed by atoms with Crippen molar-refractivity contribution in [2.75, 3.05) is 13.2 Å². The van der Waals surface area contributed by atoms with Gasteiger partial charge in [0.15, 0.2) is 0 Å². The molecule has 1 amide bonds. The molecule has 1 aliphatic heterocycles. The van der Waals surface area contributed by atoms with E-state index in [-0.39, 0.29) is 18.5 Å². The molecule has 0 spiro atoms. The molecule has 2 aliphatic rings. The number of ether oxygens (including phenoxy) is 2. The Morgan fingerprint density at radius 3 is 2.70 bits per heavy atom. The first kappa shape index (κ1) is 15.8. The fourth-order valence-electron chi connectivity index (χ4n) is 3.83. The molecule has 0 aromatic heterocycles. The molecule has 1 saturated carbocycles. The first-order valence-electron chi connectivity index (χ1n) is 8.34. The number of carbonyl (C=O) groups excluding carboxylic acids is 2. The van der Waals surface area contributed by atoms with Crippen molar-refractivity contribution in [3.8, 4) is 0 Å². The lowest BCUT2D eigenvalue weighted by Crippen LogP contribution is -2.44. The fraction of sp³-hybridized carbons (Fsp3) is 0.556. The van der Waals surface area contributed by atoms with Crippen molar-refractivity contribution in [2.24, 2.45) is 11.8 Å². The van der Waals surface area contributed by atoms with Crippen LogP contribution < -0.4 is 0 Å². The quantitative estimate of drug-likeness (QED) is 0.801. The van der Waals surface area contributed by atoms with Crippen LogP contribution in [0, 0.1) is 11.8 Å². The summed E-state index contributed by atoms with van der Waals surface area (Å²) in [6.45, 7) is 2.94. The van der Waals surface area contributed by atoms with Crippen molar-refractivity contribution >= 4 is 12.1 Å². The smallest absolute Gasteiger partial charge is 0.410 e. The molecule has 1 heterocycles. The predicted molar refractivity (Wildman–Crippen MR) is 84.6 cm³/mol. The van der Waals surface area contributed by atoms with Gasteiger partial charge in [-0.1, -0.05) is 36.8 Å². The number of esters is 1. The zero-order chi connectivity index (χ0) is 16.2. The van der Waals surface area contributed by atoms with Gasteiger partial charge in [-0.25, -0.2) is 9.59 Å². The minimum atomic E-state index is -0.481. The highest BCUT2D eigenvalue weighted by Crippen LogP contribution is 2.42. The average Bonchev–Trinajstić information content (AvgIpc) is 3.14. The lowest BCUT2D eigenvalue weighted by molar-refractivity contribution is -0.149. The molecule has 124 valence electrons. The highest BCUT2D eigenvalue weighted by Gasteiger charge is 2.50. The van der Waals surface area contributed by atoms with Crippen LogP contribution in [0.25, 0.3) is 0 Å². The second-order valence-corrected chi connectivity index (χ2v) is 6.24. The maximum atomic E-state index is 12.5. The first-order chi connectivity index (χ1) is 11.2. The molecule has 2 fully saturated rings. The summed E-state index contributed by atoms with van der Waals surface area (Å²) in [6, 6.07) is 9.08. The van der Waals surface area contributed by atoms with Crippen LogP contribution >= 0.6 is 0 Å². The normalized spacial score (nSPS) is 26.0. The number of likely N-dealkylation sites (tertiary alicyclic amines) is 1. The summed E-state index contributed by atoms with van der Waals surface area (Å²) < 4.78 is 10.6. The molecule has 3 atom stereocenters. The van der Waals surface area contributed by atoms with Crippen LogP contribution in [0.4, 0.5) is 4.79 Å². The van der Waals surface area contributed by atoms with Crippen molar-refractivity contribution in [1.82, 2.24) is 4.90 Å². The maximum absolute atomic E-state index is 12.5. The fourth-order valence-corrected chi connectivity index (χ4v) is 3.83. The van der Waals surface area contributed by atoms with E-state index in [9.17, 15) is 9.59 Å². The van der Waals surface area contributed by atoms with E-state index in [0.29, 0.717) is 19.1 Å². The molecule has 1 saturated heterocycles. The third-order valence-corrected chi connectivity index (χ3v) is 4.86. The van der Waals surface area contributed by atoms with Gasteiger partial charge in [0, 0.05) is 6.54 Å². The number of nitrogens with zero attached hydrogens (tertiary/aromatic N) is 1. The molecule has 0 unspecified atom stereocenters. The van der Waals surface area contributed by atoms with Crippen LogP contribution in [0.15, 0.2) is 30.3 Å². The Hall–Kier alpha value is -2.04. The van der Waals surface area contributed by atoms with Crippen LogP contribution in [0.1, 0.15) is 31.7 Å². The first-order valence-corrected chi connectivity index (χ1v) is 8.34. The second-order valence-electron chi connectivity index (χ2n) is 6.24. The number of fused-ring (bicyclic) bond motifs is 1. The van der Waals surface area contributed by atoms with Gasteiger partial charge in [-0.05, 0) is 37.2 Å². The van der Waals surface area contributed by atoms with Crippen molar-refractivity contribution in [3.05, 3.63) is 35.9 Å². The SMILES string of the molecule is CCOC(=O)[C@H]1[C@H]2CCC[C@H]2CN1C(=O)OCc1ccccc1. The van der Waals surface area contributed by atoms with E-state index in [1.165, 1.54) is 0 Å². The van der Waals surface area contributed by atoms with Crippen LogP contribution in [0.5, 0.6) is 0 Å². The van der Waals surface area contributed by atoms with E-state index in [2.05, 4.69) is 0 Å². The summed E-state index contributed by atoms with van der Waals surface area (Å²) in [7, 11) is 0. The number of hydrogen-bond donors (Lipinski definition) is 0. The summed E-state index contributed by atoms with van der Waals surface area (Å²) in [5.74, 6) is 0.325. The van der Waals surface area contributed by atoms with Gasteiger partial charge in [0.1, 0.15) is 12.6 Å². The summed E-state index contributed by atoms with van der Waals surface area (Å²) in [5, 5.41) is 0. The predicted octanol–water partition coefficient (Wildman–Crippen LogP) is 2.99. The third-order valence-electron chi connectivity index (χ3n) is 4.86.